The summed E-state index contributed by atoms with van der Waals surface area (Å²) in [5, 5.41) is 0. The standard InChI is InChI=1S/C17H25N/c1-5-17(6-2,18(7-3)8-4)15-14-16-12-10-9-11-13-16/h9-13H,5-8H2,1-4H3. The van der Waals surface area contributed by atoms with Crippen molar-refractivity contribution >= 4 is 0 Å². The van der Waals surface area contributed by atoms with Crippen LogP contribution in [0.2, 0.25) is 0 Å². The number of nitrogens with zero attached hydrogens (tertiary/aromatic N) is 1. The second-order valence-corrected chi connectivity index (χ2v) is 4.53. The van der Waals surface area contributed by atoms with E-state index in [0.29, 0.717) is 0 Å². The van der Waals surface area contributed by atoms with Crippen LogP contribution in [-0.2, 0) is 0 Å². The third-order valence-electron chi connectivity index (χ3n) is 3.75. The molecule has 0 fully saturated rings. The lowest BCUT2D eigenvalue weighted by atomic mass is 9.90. The first kappa shape index (κ1) is 14.8. The summed E-state index contributed by atoms with van der Waals surface area (Å²) in [6, 6.07) is 10.3. The maximum absolute atomic E-state index is 3.53. The van der Waals surface area contributed by atoms with Gasteiger partial charge in [0.1, 0.15) is 0 Å². The number of rotatable bonds is 5. The van der Waals surface area contributed by atoms with Gasteiger partial charge in [0, 0.05) is 5.56 Å². The van der Waals surface area contributed by atoms with E-state index >= 15 is 0 Å². The Morgan fingerprint density at radius 3 is 1.94 bits per heavy atom. The fraction of sp³-hybridized carbons (Fsp3) is 0.529. The maximum Gasteiger partial charge on any atom is 0.0824 e. The van der Waals surface area contributed by atoms with E-state index in [0.717, 1.165) is 31.5 Å². The van der Waals surface area contributed by atoms with Crippen molar-refractivity contribution in [3.63, 3.8) is 0 Å². The zero-order valence-corrected chi connectivity index (χ0v) is 12.2. The minimum atomic E-state index is 0.0271. The van der Waals surface area contributed by atoms with Gasteiger partial charge in [0.25, 0.3) is 0 Å². The lowest BCUT2D eigenvalue weighted by molar-refractivity contribution is 0.144. The molecule has 0 bridgehead atoms. The quantitative estimate of drug-likeness (QED) is 0.708. The van der Waals surface area contributed by atoms with Gasteiger partial charge in [-0.2, -0.15) is 0 Å². The molecule has 98 valence electrons. The largest absolute Gasteiger partial charge is 0.288 e. The highest BCUT2D eigenvalue weighted by Gasteiger charge is 2.29. The summed E-state index contributed by atoms with van der Waals surface area (Å²) in [6.45, 7) is 11.0. The summed E-state index contributed by atoms with van der Waals surface area (Å²) in [5.41, 5.74) is 1.13. The zero-order valence-electron chi connectivity index (χ0n) is 12.2. The van der Waals surface area contributed by atoms with E-state index in [1.807, 2.05) is 18.2 Å². The van der Waals surface area contributed by atoms with Crippen molar-refractivity contribution in [2.24, 2.45) is 0 Å². The van der Waals surface area contributed by atoms with Crippen molar-refractivity contribution < 1.29 is 0 Å². The van der Waals surface area contributed by atoms with Gasteiger partial charge < -0.3 is 0 Å². The Labute approximate surface area is 112 Å². The molecule has 0 amide bonds. The van der Waals surface area contributed by atoms with E-state index in [4.69, 9.17) is 0 Å². The van der Waals surface area contributed by atoms with Crippen LogP contribution < -0.4 is 0 Å². The van der Waals surface area contributed by atoms with Crippen LogP contribution in [0.3, 0.4) is 0 Å². The van der Waals surface area contributed by atoms with Crippen molar-refractivity contribution in [1.29, 1.82) is 0 Å². The average molecular weight is 243 g/mol. The van der Waals surface area contributed by atoms with Gasteiger partial charge in [-0.1, -0.05) is 57.7 Å². The van der Waals surface area contributed by atoms with Gasteiger partial charge in [0.2, 0.25) is 0 Å². The molecular formula is C17H25N. The highest BCUT2D eigenvalue weighted by atomic mass is 15.2. The Morgan fingerprint density at radius 1 is 0.944 bits per heavy atom. The minimum absolute atomic E-state index is 0.0271. The van der Waals surface area contributed by atoms with E-state index in [1.165, 1.54) is 0 Å². The lowest BCUT2D eigenvalue weighted by Crippen LogP contribution is -2.46. The summed E-state index contributed by atoms with van der Waals surface area (Å²) in [7, 11) is 0. The van der Waals surface area contributed by atoms with Crippen LogP contribution in [0.1, 0.15) is 46.1 Å². The topological polar surface area (TPSA) is 3.24 Å². The third-order valence-corrected chi connectivity index (χ3v) is 3.75. The molecule has 0 spiro atoms. The molecule has 18 heavy (non-hydrogen) atoms. The van der Waals surface area contributed by atoms with Crippen molar-refractivity contribution in [3.05, 3.63) is 35.9 Å². The Kier molecular flexibility index (Phi) is 5.95. The molecule has 0 heterocycles. The van der Waals surface area contributed by atoms with Crippen LogP contribution in [0.4, 0.5) is 0 Å². The molecule has 1 nitrogen and oxygen atoms in total. The Morgan fingerprint density at radius 2 is 1.50 bits per heavy atom. The molecular weight excluding hydrogens is 218 g/mol. The Hall–Kier alpha value is -1.26. The first-order chi connectivity index (χ1) is 8.72. The van der Waals surface area contributed by atoms with E-state index in [9.17, 15) is 0 Å². The van der Waals surface area contributed by atoms with Crippen molar-refractivity contribution in [3.8, 4) is 11.8 Å². The van der Waals surface area contributed by atoms with Crippen LogP contribution in [0.25, 0.3) is 0 Å². The van der Waals surface area contributed by atoms with Crippen LogP contribution in [-0.4, -0.2) is 23.5 Å². The van der Waals surface area contributed by atoms with Crippen molar-refractivity contribution in [2.45, 2.75) is 46.1 Å². The van der Waals surface area contributed by atoms with Gasteiger partial charge in [-0.3, -0.25) is 4.90 Å². The van der Waals surface area contributed by atoms with Crippen LogP contribution in [0.15, 0.2) is 30.3 Å². The van der Waals surface area contributed by atoms with Gasteiger partial charge in [-0.05, 0) is 38.1 Å². The molecule has 0 aliphatic heterocycles. The van der Waals surface area contributed by atoms with Gasteiger partial charge in [0.15, 0.2) is 0 Å². The van der Waals surface area contributed by atoms with Crippen LogP contribution >= 0.6 is 0 Å². The predicted molar refractivity (Wildman–Crippen MR) is 79.6 cm³/mol. The zero-order chi connectivity index (χ0) is 13.4. The van der Waals surface area contributed by atoms with Gasteiger partial charge in [0.05, 0.1) is 5.54 Å². The molecule has 0 atom stereocenters. The molecule has 0 N–H and O–H groups in total. The van der Waals surface area contributed by atoms with Gasteiger partial charge in [-0.25, -0.2) is 0 Å². The molecule has 0 saturated heterocycles. The molecule has 0 aliphatic rings. The van der Waals surface area contributed by atoms with Crippen molar-refractivity contribution in [1.82, 2.24) is 4.90 Å². The molecule has 0 saturated carbocycles. The highest BCUT2D eigenvalue weighted by Crippen LogP contribution is 2.23. The highest BCUT2D eigenvalue weighted by molar-refractivity contribution is 5.36. The summed E-state index contributed by atoms with van der Waals surface area (Å²) in [5.74, 6) is 6.87. The number of benzene rings is 1. The molecule has 0 radical (unpaired) electrons. The average Bonchev–Trinajstić information content (AvgIpc) is 2.45. The lowest BCUT2D eigenvalue weighted by Gasteiger charge is -2.38. The molecule has 1 rings (SSSR count). The van der Waals surface area contributed by atoms with Crippen LogP contribution in [0, 0.1) is 11.8 Å². The predicted octanol–water partition coefficient (Wildman–Crippen LogP) is 3.94. The monoisotopic (exact) mass is 243 g/mol. The molecule has 1 aromatic rings. The third kappa shape index (κ3) is 3.37. The fourth-order valence-corrected chi connectivity index (χ4v) is 2.49. The van der Waals surface area contributed by atoms with Crippen molar-refractivity contribution in [2.75, 3.05) is 13.1 Å². The molecule has 0 aromatic heterocycles. The van der Waals surface area contributed by atoms with Crippen LogP contribution in [0.5, 0.6) is 0 Å². The molecule has 1 heteroatoms. The SMILES string of the molecule is CCN(CC)C(C#Cc1ccccc1)(CC)CC. The number of hydrogen-bond donors (Lipinski definition) is 0. The summed E-state index contributed by atoms with van der Waals surface area (Å²) < 4.78 is 0. The Bertz CT molecular complexity index is 389. The van der Waals surface area contributed by atoms with E-state index in [-0.39, 0.29) is 5.54 Å². The van der Waals surface area contributed by atoms with Gasteiger partial charge >= 0.3 is 0 Å². The smallest absolute Gasteiger partial charge is 0.0824 e. The first-order valence-corrected chi connectivity index (χ1v) is 7.05. The second kappa shape index (κ2) is 7.24. The minimum Gasteiger partial charge on any atom is -0.288 e. The molecule has 0 aliphatic carbocycles. The first-order valence-electron chi connectivity index (χ1n) is 7.05. The summed E-state index contributed by atoms with van der Waals surface area (Å²) in [6.07, 6.45) is 2.15. The van der Waals surface area contributed by atoms with Gasteiger partial charge in [-0.15, -0.1) is 0 Å². The fourth-order valence-electron chi connectivity index (χ4n) is 2.49. The maximum atomic E-state index is 3.53. The van der Waals surface area contributed by atoms with E-state index in [1.54, 1.807) is 0 Å². The second-order valence-electron chi connectivity index (χ2n) is 4.53. The Balaban J connectivity index is 3.03. The normalized spacial score (nSPS) is 11.2. The number of hydrogen-bond acceptors (Lipinski definition) is 1. The van der Waals surface area contributed by atoms with E-state index in [2.05, 4.69) is 56.6 Å². The van der Waals surface area contributed by atoms with E-state index < -0.39 is 0 Å². The molecule has 1 aromatic carbocycles. The molecule has 0 unspecified atom stereocenters. The summed E-state index contributed by atoms with van der Waals surface area (Å²) in [4.78, 5) is 2.48. The summed E-state index contributed by atoms with van der Waals surface area (Å²) >= 11 is 0.